The lowest BCUT2D eigenvalue weighted by molar-refractivity contribution is 0.213. The Labute approximate surface area is 269 Å². The highest BCUT2D eigenvalue weighted by Gasteiger charge is 2.39. The van der Waals surface area contributed by atoms with Crippen molar-refractivity contribution < 1.29 is 23.5 Å². The molecule has 0 radical (unpaired) electrons. The van der Waals surface area contributed by atoms with Crippen LogP contribution >= 0.6 is 23.5 Å². The summed E-state index contributed by atoms with van der Waals surface area (Å²) in [5.41, 5.74) is 3.83. The maximum absolute atomic E-state index is 14.2. The first-order valence-corrected chi connectivity index (χ1v) is 16.8. The molecule has 13 heteroatoms. The number of nitrogens with one attached hydrogen (secondary N) is 1. The highest BCUT2D eigenvalue weighted by molar-refractivity contribution is 9.10. The number of benzene rings is 3. The SMILES string of the molecule is CCOP(=O)(OCC)C(Nc1ccccc1OC)c1cc(Cn2cc(Cn3c(=O)cc(C)c4cc(Br)ccc43)nn2)ccc1O. The molecule has 0 saturated carbocycles. The molecule has 236 valence electrons. The molecule has 2 N–H and O–H groups in total. The highest BCUT2D eigenvalue weighted by Crippen LogP contribution is 2.62. The second kappa shape index (κ2) is 14.0. The smallest absolute Gasteiger partial charge is 0.357 e. The molecule has 3 aromatic carbocycles. The molecule has 0 fully saturated rings. The molecular formula is C32H35BrN5O6P. The topological polar surface area (TPSA) is 130 Å². The number of para-hydroxylation sites is 2. The Kier molecular flexibility index (Phi) is 10.1. The van der Waals surface area contributed by atoms with Crippen LogP contribution in [0.3, 0.4) is 0 Å². The van der Waals surface area contributed by atoms with Crippen LogP contribution in [0.1, 0.15) is 42.0 Å². The van der Waals surface area contributed by atoms with E-state index in [1.807, 2.05) is 37.3 Å². The Morgan fingerprint density at radius 2 is 1.78 bits per heavy atom. The lowest BCUT2D eigenvalue weighted by Gasteiger charge is -2.29. The van der Waals surface area contributed by atoms with E-state index < -0.39 is 13.4 Å². The molecule has 2 aromatic heterocycles. The summed E-state index contributed by atoms with van der Waals surface area (Å²) in [6, 6.07) is 19.7. The molecule has 5 rings (SSSR count). The predicted octanol–water partition coefficient (Wildman–Crippen LogP) is 6.85. The van der Waals surface area contributed by atoms with Gasteiger partial charge in [0.25, 0.3) is 5.56 Å². The van der Waals surface area contributed by atoms with E-state index in [0.29, 0.717) is 29.2 Å². The van der Waals surface area contributed by atoms with Crippen LogP contribution in [-0.2, 0) is 26.7 Å². The second-order valence-corrected chi connectivity index (χ2v) is 13.4. The number of hydrogen-bond donors (Lipinski definition) is 2. The Hall–Kier alpha value is -3.96. The fraction of sp³-hybridized carbons (Fsp3) is 0.281. The van der Waals surface area contributed by atoms with E-state index in [9.17, 15) is 14.5 Å². The summed E-state index contributed by atoms with van der Waals surface area (Å²) in [6.07, 6.45) is 1.78. The molecule has 2 heterocycles. The van der Waals surface area contributed by atoms with Crippen molar-refractivity contribution in [2.45, 2.75) is 39.6 Å². The van der Waals surface area contributed by atoms with Crippen molar-refractivity contribution in [3.05, 3.63) is 110 Å². The first kappa shape index (κ1) is 32.4. The highest BCUT2D eigenvalue weighted by atomic mass is 79.9. The van der Waals surface area contributed by atoms with Crippen LogP contribution in [-0.4, -0.2) is 45.0 Å². The van der Waals surface area contributed by atoms with E-state index in [2.05, 4.69) is 31.6 Å². The minimum absolute atomic E-state index is 0.0812. The first-order valence-electron chi connectivity index (χ1n) is 14.4. The molecule has 5 aromatic rings. The Balaban J connectivity index is 1.46. The third-order valence-electron chi connectivity index (χ3n) is 7.25. The predicted molar refractivity (Wildman–Crippen MR) is 177 cm³/mol. The zero-order valence-corrected chi connectivity index (χ0v) is 27.9. The lowest BCUT2D eigenvalue weighted by Crippen LogP contribution is -2.21. The van der Waals surface area contributed by atoms with Crippen LogP contribution in [0.25, 0.3) is 10.9 Å². The average molecular weight is 697 g/mol. The van der Waals surface area contributed by atoms with Crippen molar-refractivity contribution in [1.29, 1.82) is 0 Å². The normalized spacial score (nSPS) is 12.4. The molecule has 0 bridgehead atoms. The number of aromatic hydroxyl groups is 1. The molecule has 0 saturated heterocycles. The first-order chi connectivity index (χ1) is 21.6. The van der Waals surface area contributed by atoms with Crippen molar-refractivity contribution in [3.63, 3.8) is 0 Å². The fourth-order valence-electron chi connectivity index (χ4n) is 5.23. The number of anilines is 1. The number of fused-ring (bicyclic) bond motifs is 1. The largest absolute Gasteiger partial charge is 0.508 e. The van der Waals surface area contributed by atoms with E-state index in [1.165, 1.54) is 6.07 Å². The zero-order valence-electron chi connectivity index (χ0n) is 25.4. The number of hydrogen-bond acceptors (Lipinski definition) is 9. The van der Waals surface area contributed by atoms with Crippen LogP contribution in [0.2, 0.25) is 0 Å². The van der Waals surface area contributed by atoms with Gasteiger partial charge in [-0.05, 0) is 74.4 Å². The summed E-state index contributed by atoms with van der Waals surface area (Å²) < 4.78 is 35.4. The number of aromatic nitrogens is 4. The van der Waals surface area contributed by atoms with Gasteiger partial charge in [0.2, 0.25) is 0 Å². The zero-order chi connectivity index (χ0) is 32.1. The minimum Gasteiger partial charge on any atom is -0.508 e. The van der Waals surface area contributed by atoms with Crippen LogP contribution in [0.15, 0.2) is 82.2 Å². The van der Waals surface area contributed by atoms with Crippen LogP contribution in [0, 0.1) is 6.92 Å². The summed E-state index contributed by atoms with van der Waals surface area (Å²) in [7, 11) is -2.30. The van der Waals surface area contributed by atoms with Gasteiger partial charge in [-0.3, -0.25) is 9.36 Å². The van der Waals surface area contributed by atoms with Gasteiger partial charge >= 0.3 is 7.60 Å². The monoisotopic (exact) mass is 695 g/mol. The average Bonchev–Trinajstić information content (AvgIpc) is 3.46. The summed E-state index contributed by atoms with van der Waals surface area (Å²) in [5.74, 6) is -0.607. The lowest BCUT2D eigenvalue weighted by atomic mass is 10.1. The minimum atomic E-state index is -3.84. The molecule has 0 aliphatic heterocycles. The Bertz CT molecular complexity index is 1920. The summed E-state index contributed by atoms with van der Waals surface area (Å²) in [6.45, 7) is 6.20. The van der Waals surface area contributed by atoms with Gasteiger partial charge in [0, 0.05) is 21.5 Å². The van der Waals surface area contributed by atoms with Gasteiger partial charge in [0.1, 0.15) is 17.2 Å². The number of rotatable bonds is 13. The van der Waals surface area contributed by atoms with Crippen molar-refractivity contribution >= 4 is 40.1 Å². The van der Waals surface area contributed by atoms with Gasteiger partial charge in [-0.25, -0.2) is 4.68 Å². The Morgan fingerprint density at radius 3 is 2.51 bits per heavy atom. The Morgan fingerprint density at radius 1 is 1.02 bits per heavy atom. The maximum Gasteiger partial charge on any atom is 0.357 e. The molecule has 0 aliphatic carbocycles. The van der Waals surface area contributed by atoms with E-state index >= 15 is 0 Å². The number of phenolic OH excluding ortho intramolecular Hbond substituents is 1. The maximum atomic E-state index is 14.2. The van der Waals surface area contributed by atoms with Crippen molar-refractivity contribution in [2.75, 3.05) is 25.6 Å². The second-order valence-electron chi connectivity index (χ2n) is 10.3. The number of aryl methyl sites for hydroxylation is 1. The molecular weight excluding hydrogens is 661 g/mol. The number of ether oxygens (including phenoxy) is 1. The quantitative estimate of drug-likeness (QED) is 0.127. The van der Waals surface area contributed by atoms with Gasteiger partial charge in [0.15, 0.2) is 5.78 Å². The number of methoxy groups -OCH3 is 1. The van der Waals surface area contributed by atoms with E-state index in [-0.39, 0.29) is 31.1 Å². The van der Waals surface area contributed by atoms with Crippen molar-refractivity contribution in [1.82, 2.24) is 19.6 Å². The molecule has 45 heavy (non-hydrogen) atoms. The third-order valence-corrected chi connectivity index (χ3v) is 10.0. The standard InChI is InChI=1S/C32H35BrN5O6P/c1-5-43-45(41,44-6-2)32(34-27-9-7-8-10-30(27)42-4)26-16-22(11-14-29(26)39)18-37-19-24(35-36-37)20-38-28-13-12-23(33)17-25(28)21(3)15-31(38)40/h7-17,19,32,34,39H,5-6,18,20H2,1-4H3. The van der Waals surface area contributed by atoms with Gasteiger partial charge in [-0.1, -0.05) is 39.3 Å². The number of pyridine rings is 1. The number of halogens is 1. The molecule has 0 spiro atoms. The van der Waals surface area contributed by atoms with Crippen molar-refractivity contribution in [2.24, 2.45) is 0 Å². The molecule has 1 unspecified atom stereocenters. The van der Waals surface area contributed by atoms with E-state index in [1.54, 1.807) is 66.7 Å². The molecule has 0 aliphatic rings. The molecule has 1 atom stereocenters. The van der Waals surface area contributed by atoms with Gasteiger partial charge in [0.05, 0.1) is 50.8 Å². The number of phenols is 1. The van der Waals surface area contributed by atoms with Crippen molar-refractivity contribution in [3.8, 4) is 11.5 Å². The fourth-order valence-corrected chi connectivity index (χ4v) is 7.52. The van der Waals surface area contributed by atoms with Gasteiger partial charge in [-0.2, -0.15) is 0 Å². The summed E-state index contributed by atoms with van der Waals surface area (Å²) in [5, 5.41) is 23.8. The summed E-state index contributed by atoms with van der Waals surface area (Å²) >= 11 is 3.51. The summed E-state index contributed by atoms with van der Waals surface area (Å²) in [4.78, 5) is 12.9. The molecule has 11 nitrogen and oxygen atoms in total. The molecule has 0 amide bonds. The van der Waals surface area contributed by atoms with E-state index in [4.69, 9.17) is 13.8 Å². The third kappa shape index (κ3) is 7.15. The van der Waals surface area contributed by atoms with Crippen LogP contribution in [0.5, 0.6) is 11.5 Å². The van der Waals surface area contributed by atoms with Crippen LogP contribution in [0.4, 0.5) is 5.69 Å². The van der Waals surface area contributed by atoms with Gasteiger partial charge in [-0.15, -0.1) is 5.10 Å². The van der Waals surface area contributed by atoms with E-state index in [0.717, 1.165) is 26.5 Å². The van der Waals surface area contributed by atoms with Gasteiger partial charge < -0.3 is 28.8 Å². The van der Waals surface area contributed by atoms with Crippen LogP contribution < -0.4 is 15.6 Å². The number of nitrogens with zero attached hydrogens (tertiary/aromatic N) is 4.